The van der Waals surface area contributed by atoms with E-state index in [0.29, 0.717) is 18.9 Å². The van der Waals surface area contributed by atoms with Crippen LogP contribution in [-0.4, -0.2) is 66.2 Å². The molecule has 0 fully saturated rings. The second-order valence-corrected chi connectivity index (χ2v) is 9.84. The summed E-state index contributed by atoms with van der Waals surface area (Å²) in [7, 11) is 0. The van der Waals surface area contributed by atoms with Crippen LogP contribution < -0.4 is 5.32 Å². The van der Waals surface area contributed by atoms with Crippen LogP contribution in [-0.2, 0) is 14.3 Å². The van der Waals surface area contributed by atoms with Gasteiger partial charge in [0, 0.05) is 0 Å². The smallest absolute Gasteiger partial charge is 0.460 e. The first-order chi connectivity index (χ1) is 19.8. The highest BCUT2D eigenvalue weighted by molar-refractivity contribution is 5.89. The molecule has 0 aromatic carbocycles. The van der Waals surface area contributed by atoms with E-state index in [4.69, 9.17) is 0 Å². The van der Waals surface area contributed by atoms with Crippen molar-refractivity contribution in [2.24, 2.45) is 0 Å². The van der Waals surface area contributed by atoms with Crippen LogP contribution in [0.2, 0.25) is 0 Å². The Morgan fingerprint density at radius 1 is 0.636 bits per heavy atom. The topological polar surface area (TPSA) is 55.4 Å². The quantitative estimate of drug-likeness (QED) is 0.0571. The molecule has 1 N–H and O–H groups in total. The maximum Gasteiger partial charge on any atom is 0.460 e. The normalized spacial score (nSPS) is 14.7. The van der Waals surface area contributed by atoms with Gasteiger partial charge in [0.05, 0.1) is 6.61 Å². The first-order valence-electron chi connectivity index (χ1n) is 13.2. The summed E-state index contributed by atoms with van der Waals surface area (Å²) in [5, 5.41) is 0.762. The third kappa shape index (κ3) is 8.88. The van der Waals surface area contributed by atoms with Crippen molar-refractivity contribution in [2.45, 2.75) is 125 Å². The van der Waals surface area contributed by atoms with E-state index in [1.807, 2.05) is 0 Å². The molecule has 0 aromatic heterocycles. The van der Waals surface area contributed by atoms with Gasteiger partial charge in [-0.15, -0.1) is 6.58 Å². The Morgan fingerprint density at radius 2 is 1.02 bits per heavy atom. The molecule has 0 aromatic rings. The molecule has 0 spiro atoms. The van der Waals surface area contributed by atoms with Crippen molar-refractivity contribution in [2.75, 3.05) is 6.61 Å². The number of esters is 1. The molecule has 0 saturated heterocycles. The summed E-state index contributed by atoms with van der Waals surface area (Å²) in [4.78, 5) is 23.9. The molecule has 1 atom stereocenters. The van der Waals surface area contributed by atoms with Crippen LogP contribution in [0, 0.1) is 0 Å². The Balaban J connectivity index is 5.54. The molecule has 0 radical (unpaired) electrons. The fraction of sp³-hybridized carbons (Fsp3) is 0.840. The SMILES string of the molecule is C=CCC(NC(=O)C(F)(F)C(F)(F)C(F)(F)C(F)(F)C(F)(F)C(F)(F)C(F)(F)F)C(=O)OCCCCCCCCCCCC. The van der Waals surface area contributed by atoms with Crippen molar-refractivity contribution >= 4 is 11.9 Å². The third-order valence-electron chi connectivity index (χ3n) is 6.35. The zero-order chi connectivity index (χ0) is 34.8. The summed E-state index contributed by atoms with van der Waals surface area (Å²) < 4.78 is 205. The molecule has 260 valence electrons. The molecule has 0 aliphatic heterocycles. The lowest BCUT2D eigenvalue weighted by Crippen LogP contribution is -2.74. The molecule has 4 nitrogen and oxygen atoms in total. The molecule has 19 heteroatoms. The van der Waals surface area contributed by atoms with Gasteiger partial charge in [-0.3, -0.25) is 4.79 Å². The molecule has 0 bridgehead atoms. The number of unbranched alkanes of at least 4 members (excludes halogenated alkanes) is 9. The van der Waals surface area contributed by atoms with Gasteiger partial charge in [-0.1, -0.05) is 70.8 Å². The average Bonchev–Trinajstić information content (AvgIpc) is 2.89. The van der Waals surface area contributed by atoms with Gasteiger partial charge < -0.3 is 10.1 Å². The van der Waals surface area contributed by atoms with Crippen molar-refractivity contribution in [3.8, 4) is 0 Å². The van der Waals surface area contributed by atoms with E-state index < -0.39 is 72.7 Å². The minimum absolute atomic E-state index is 0.197. The van der Waals surface area contributed by atoms with Crippen molar-refractivity contribution in [3.05, 3.63) is 12.7 Å². The maximum absolute atomic E-state index is 14.1. The lowest BCUT2D eigenvalue weighted by Gasteiger charge is -2.41. The number of amides is 1. The minimum Gasteiger partial charge on any atom is -0.464 e. The van der Waals surface area contributed by atoms with E-state index in [1.165, 1.54) is 0 Å². The number of halogens is 15. The average molecular weight is 680 g/mol. The predicted octanol–water partition coefficient (Wildman–Crippen LogP) is 8.89. The second kappa shape index (κ2) is 15.8. The molecule has 0 rings (SSSR count). The number of nitrogens with one attached hydrogen (secondary N) is 1. The van der Waals surface area contributed by atoms with Crippen molar-refractivity contribution in [1.82, 2.24) is 5.32 Å². The third-order valence-corrected chi connectivity index (χ3v) is 6.35. The van der Waals surface area contributed by atoms with E-state index in [0.717, 1.165) is 50.3 Å². The first-order valence-corrected chi connectivity index (χ1v) is 13.2. The van der Waals surface area contributed by atoms with Crippen molar-refractivity contribution < 1.29 is 80.2 Å². The highest BCUT2D eigenvalue weighted by Crippen LogP contribution is 2.62. The molecular weight excluding hydrogens is 647 g/mol. The molecule has 1 amide bonds. The fourth-order valence-electron chi connectivity index (χ4n) is 3.60. The summed E-state index contributed by atoms with van der Waals surface area (Å²) in [6, 6.07) is -2.39. The number of ether oxygens (including phenoxy) is 1. The zero-order valence-corrected chi connectivity index (χ0v) is 23.2. The standard InChI is InChI=1S/C25H32F15NO3/c1-3-5-6-7-8-9-10-11-12-13-15-44-17(42)16(14-4-2)41-18(43)19(26,27)20(28,29)21(30,31)22(32,33)23(34,35)24(36,37)25(38,39)40/h4,16H,2-3,5-15H2,1H3,(H,41,43). The summed E-state index contributed by atoms with van der Waals surface area (Å²) in [6.45, 7) is 4.70. The van der Waals surface area contributed by atoms with Gasteiger partial charge in [0.15, 0.2) is 0 Å². The zero-order valence-electron chi connectivity index (χ0n) is 23.2. The summed E-state index contributed by atoms with van der Waals surface area (Å²) in [5.74, 6) is -54.0. The lowest BCUT2D eigenvalue weighted by molar-refractivity contribution is -0.449. The van der Waals surface area contributed by atoms with E-state index in [9.17, 15) is 75.4 Å². The monoisotopic (exact) mass is 679 g/mol. The highest BCUT2D eigenvalue weighted by Gasteiger charge is 2.94. The van der Waals surface area contributed by atoms with Crippen LogP contribution >= 0.6 is 0 Å². The molecular formula is C25H32F15NO3. The number of alkyl halides is 15. The molecule has 0 saturated carbocycles. The molecule has 0 aliphatic rings. The van der Waals surface area contributed by atoms with Crippen molar-refractivity contribution in [3.63, 3.8) is 0 Å². The predicted molar refractivity (Wildman–Crippen MR) is 125 cm³/mol. The first kappa shape index (κ1) is 41.6. The number of carbonyl (C=O) groups excluding carboxylic acids is 2. The number of hydrogen-bond acceptors (Lipinski definition) is 3. The lowest BCUT2D eigenvalue weighted by atomic mass is 9.90. The Morgan fingerprint density at radius 3 is 1.43 bits per heavy atom. The largest absolute Gasteiger partial charge is 0.464 e. The summed E-state index contributed by atoms with van der Waals surface area (Å²) in [5.41, 5.74) is 0. The fourth-order valence-corrected chi connectivity index (χ4v) is 3.60. The van der Waals surface area contributed by atoms with Gasteiger partial charge >= 0.3 is 47.7 Å². The van der Waals surface area contributed by atoms with Gasteiger partial charge in [-0.25, -0.2) is 4.79 Å². The molecule has 1 unspecified atom stereocenters. The van der Waals surface area contributed by atoms with Crippen molar-refractivity contribution in [1.29, 1.82) is 0 Å². The molecule has 0 heterocycles. The summed E-state index contributed by atoms with van der Waals surface area (Å²) >= 11 is 0. The van der Waals surface area contributed by atoms with Crippen LogP contribution in [0.25, 0.3) is 0 Å². The highest BCUT2D eigenvalue weighted by atomic mass is 19.4. The van der Waals surface area contributed by atoms with E-state index >= 15 is 0 Å². The Hall–Kier alpha value is -2.37. The molecule has 0 aliphatic carbocycles. The van der Waals surface area contributed by atoms with E-state index in [-0.39, 0.29) is 6.42 Å². The van der Waals surface area contributed by atoms with E-state index in [2.05, 4.69) is 18.2 Å². The maximum atomic E-state index is 14.1. The van der Waals surface area contributed by atoms with Gasteiger partial charge in [0.25, 0.3) is 5.91 Å². The van der Waals surface area contributed by atoms with Gasteiger partial charge in [-0.05, 0) is 12.8 Å². The van der Waals surface area contributed by atoms with Crippen LogP contribution in [0.15, 0.2) is 12.7 Å². The van der Waals surface area contributed by atoms with Crippen LogP contribution in [0.3, 0.4) is 0 Å². The Labute approximate surface area is 242 Å². The Kier molecular flexibility index (Phi) is 14.9. The molecule has 44 heavy (non-hydrogen) atoms. The Bertz CT molecular complexity index is 936. The van der Waals surface area contributed by atoms with Crippen LogP contribution in [0.4, 0.5) is 65.9 Å². The second-order valence-electron chi connectivity index (χ2n) is 9.84. The van der Waals surface area contributed by atoms with Crippen LogP contribution in [0.1, 0.15) is 77.6 Å². The van der Waals surface area contributed by atoms with Crippen LogP contribution in [0.5, 0.6) is 0 Å². The van der Waals surface area contributed by atoms with Gasteiger partial charge in [0.2, 0.25) is 0 Å². The van der Waals surface area contributed by atoms with E-state index in [1.54, 1.807) is 0 Å². The van der Waals surface area contributed by atoms with Gasteiger partial charge in [0.1, 0.15) is 6.04 Å². The number of hydrogen-bond donors (Lipinski definition) is 1. The van der Waals surface area contributed by atoms with Gasteiger partial charge in [-0.2, -0.15) is 65.9 Å². The number of rotatable bonds is 21. The minimum atomic E-state index is -8.53. The summed E-state index contributed by atoms with van der Waals surface area (Å²) in [6.07, 6.45) is 0.597. The number of carbonyl (C=O) groups is 2.